The fourth-order valence-corrected chi connectivity index (χ4v) is 0.943. The summed E-state index contributed by atoms with van der Waals surface area (Å²) in [5.74, 6) is -0.514. The molecule has 5 heteroatoms. The van der Waals surface area contributed by atoms with Crippen LogP contribution in [0.25, 0.3) is 0 Å². The third-order valence-corrected chi connectivity index (χ3v) is 2.36. The Morgan fingerprint density at radius 3 is 1.57 bits per heavy atom. The maximum absolute atomic E-state index is 9.90. The molecule has 1 rings (SSSR count). The van der Waals surface area contributed by atoms with Crippen LogP contribution >= 0.6 is 0 Å². The van der Waals surface area contributed by atoms with Crippen molar-refractivity contribution >= 4 is 9.84 Å². The second-order valence-corrected chi connectivity index (χ2v) is 3.67. The van der Waals surface area contributed by atoms with Crippen molar-refractivity contribution in [1.29, 1.82) is 0 Å². The van der Waals surface area contributed by atoms with Gasteiger partial charge in [-0.15, -0.1) is 0 Å². The van der Waals surface area contributed by atoms with Crippen LogP contribution in [0.5, 0.6) is 0 Å². The predicted octanol–water partition coefficient (Wildman–Crippen LogP) is -1.95. The summed E-state index contributed by atoms with van der Waals surface area (Å²) in [6.07, 6.45) is 0. The third kappa shape index (κ3) is 0.531. The molecule has 0 aromatic rings. The number of aliphatic hydroxyl groups is 2. The zero-order chi connectivity index (χ0) is 5.71. The van der Waals surface area contributed by atoms with Crippen LogP contribution in [0.4, 0.5) is 0 Å². The van der Waals surface area contributed by atoms with E-state index in [1.165, 1.54) is 0 Å². The lowest BCUT2D eigenvalue weighted by molar-refractivity contribution is -0.0319. The van der Waals surface area contributed by atoms with Crippen molar-refractivity contribution in [1.82, 2.24) is 0 Å². The van der Waals surface area contributed by atoms with Gasteiger partial charge in [-0.25, -0.2) is 8.42 Å². The van der Waals surface area contributed by atoms with Crippen LogP contribution in [0.1, 0.15) is 0 Å². The Kier molecular flexibility index (Phi) is 0.602. The highest BCUT2D eigenvalue weighted by atomic mass is 32.2. The van der Waals surface area contributed by atoms with Gasteiger partial charge in [0.1, 0.15) is 5.75 Å². The second kappa shape index (κ2) is 0.841. The van der Waals surface area contributed by atoms with E-state index in [2.05, 4.69) is 0 Å². The first-order chi connectivity index (χ1) is 2.96. The van der Waals surface area contributed by atoms with Crippen LogP contribution in [-0.4, -0.2) is 29.5 Å². The van der Waals surface area contributed by atoms with Crippen molar-refractivity contribution < 1.29 is 18.6 Å². The molecule has 1 fully saturated rings. The molecule has 0 aliphatic carbocycles. The summed E-state index contributed by atoms with van der Waals surface area (Å²) >= 11 is 0. The van der Waals surface area contributed by atoms with Gasteiger partial charge in [-0.3, -0.25) is 0 Å². The molecule has 1 aliphatic heterocycles. The lowest BCUT2D eigenvalue weighted by Gasteiger charge is -1.84. The molecule has 0 unspecified atom stereocenters. The van der Waals surface area contributed by atoms with Crippen LogP contribution in [-0.2, 0) is 9.84 Å². The van der Waals surface area contributed by atoms with Gasteiger partial charge < -0.3 is 10.2 Å². The Hall–Kier alpha value is -0.130. The van der Waals surface area contributed by atoms with E-state index in [9.17, 15) is 8.42 Å². The molecule has 0 spiro atoms. The molecule has 0 saturated carbocycles. The van der Waals surface area contributed by atoms with E-state index in [1.54, 1.807) is 0 Å². The van der Waals surface area contributed by atoms with E-state index in [4.69, 9.17) is 10.2 Å². The first-order valence-corrected chi connectivity index (χ1v) is 3.28. The molecule has 1 heterocycles. The lowest BCUT2D eigenvalue weighted by atomic mass is 10.8. The van der Waals surface area contributed by atoms with Crippen LogP contribution in [0.3, 0.4) is 0 Å². The first kappa shape index (κ1) is 5.02. The predicted molar refractivity (Wildman–Crippen MR) is 21.0 cm³/mol. The Bertz CT molecular complexity index is 176. The highest BCUT2D eigenvalue weighted by Gasteiger charge is 2.59. The molecular formula is C2H4O4S. The first-order valence-electron chi connectivity index (χ1n) is 1.63. The lowest BCUT2D eigenvalue weighted by Crippen LogP contribution is -2.08. The van der Waals surface area contributed by atoms with E-state index in [0.717, 1.165) is 0 Å². The summed E-state index contributed by atoms with van der Waals surface area (Å²) in [6, 6.07) is 0. The fraction of sp³-hybridized carbons (Fsp3) is 1.00. The Balaban J connectivity index is 3.00. The van der Waals surface area contributed by atoms with E-state index in [1.807, 2.05) is 0 Å². The molecular weight excluding hydrogens is 120 g/mol. The average Bonchev–Trinajstić information content (AvgIpc) is 1.63. The summed E-state index contributed by atoms with van der Waals surface area (Å²) in [7, 11) is -3.48. The van der Waals surface area contributed by atoms with Crippen molar-refractivity contribution in [2.24, 2.45) is 0 Å². The molecule has 1 saturated heterocycles. The van der Waals surface area contributed by atoms with Crippen LogP contribution in [0.2, 0.25) is 0 Å². The van der Waals surface area contributed by atoms with Crippen LogP contribution in [0.15, 0.2) is 0 Å². The van der Waals surface area contributed by atoms with Gasteiger partial charge in [0.25, 0.3) is 5.12 Å². The smallest absolute Gasteiger partial charge is 0.283 e. The Labute approximate surface area is 40.3 Å². The van der Waals surface area contributed by atoms with Crippen LogP contribution in [0, 0.1) is 0 Å². The molecule has 0 bridgehead atoms. The SMILES string of the molecule is O=S1(=O)CC1(O)O. The maximum Gasteiger partial charge on any atom is 0.283 e. The van der Waals surface area contributed by atoms with Crippen molar-refractivity contribution in [2.45, 2.75) is 5.12 Å². The third-order valence-electron chi connectivity index (χ3n) is 0.787. The number of rotatable bonds is 0. The molecule has 0 aromatic carbocycles. The summed E-state index contributed by atoms with van der Waals surface area (Å²) < 4.78 is 19.8. The van der Waals surface area contributed by atoms with E-state index >= 15 is 0 Å². The van der Waals surface area contributed by atoms with Gasteiger partial charge in [-0.05, 0) is 0 Å². The number of hydrogen-bond acceptors (Lipinski definition) is 4. The fourth-order valence-electron chi connectivity index (χ4n) is 0.218. The van der Waals surface area contributed by atoms with Gasteiger partial charge in [-0.1, -0.05) is 0 Å². The number of hydrogen-bond donors (Lipinski definition) is 2. The quantitative estimate of drug-likeness (QED) is 0.291. The zero-order valence-electron chi connectivity index (χ0n) is 3.33. The summed E-state index contributed by atoms with van der Waals surface area (Å²) in [5.41, 5.74) is 0. The Morgan fingerprint density at radius 2 is 1.57 bits per heavy atom. The minimum Gasteiger partial charge on any atom is -0.353 e. The van der Waals surface area contributed by atoms with Gasteiger partial charge in [0.2, 0.25) is 9.84 Å². The normalized spacial score (nSPS) is 32.3. The van der Waals surface area contributed by atoms with Crippen LogP contribution < -0.4 is 0 Å². The minimum absolute atomic E-state index is 0.514. The molecule has 42 valence electrons. The molecule has 0 amide bonds. The molecule has 0 atom stereocenters. The molecule has 7 heavy (non-hydrogen) atoms. The maximum atomic E-state index is 9.90. The highest BCUT2D eigenvalue weighted by Crippen LogP contribution is 2.29. The highest BCUT2D eigenvalue weighted by molar-refractivity contribution is 7.99. The van der Waals surface area contributed by atoms with E-state index < -0.39 is 20.7 Å². The minimum atomic E-state index is -3.48. The van der Waals surface area contributed by atoms with Crippen molar-refractivity contribution in [2.75, 3.05) is 5.75 Å². The molecule has 2 N–H and O–H groups in total. The van der Waals surface area contributed by atoms with Gasteiger partial charge in [0, 0.05) is 0 Å². The average molecular weight is 124 g/mol. The van der Waals surface area contributed by atoms with Gasteiger partial charge >= 0.3 is 0 Å². The topological polar surface area (TPSA) is 74.6 Å². The number of sulfone groups is 1. The second-order valence-electron chi connectivity index (χ2n) is 1.50. The Morgan fingerprint density at radius 1 is 1.43 bits per heavy atom. The van der Waals surface area contributed by atoms with Gasteiger partial charge in [0.05, 0.1) is 0 Å². The van der Waals surface area contributed by atoms with Crippen molar-refractivity contribution in [3.05, 3.63) is 0 Å². The van der Waals surface area contributed by atoms with Crippen molar-refractivity contribution in [3.8, 4) is 0 Å². The molecule has 1 aliphatic rings. The van der Waals surface area contributed by atoms with Gasteiger partial charge in [-0.2, -0.15) is 0 Å². The van der Waals surface area contributed by atoms with E-state index in [0.29, 0.717) is 0 Å². The monoisotopic (exact) mass is 124 g/mol. The van der Waals surface area contributed by atoms with Gasteiger partial charge in [0.15, 0.2) is 0 Å². The molecule has 0 radical (unpaired) electrons. The van der Waals surface area contributed by atoms with Crippen molar-refractivity contribution in [3.63, 3.8) is 0 Å². The summed E-state index contributed by atoms with van der Waals surface area (Å²) in [5, 5.41) is 13.9. The largest absolute Gasteiger partial charge is 0.353 e. The summed E-state index contributed by atoms with van der Waals surface area (Å²) in [6.45, 7) is 0. The van der Waals surface area contributed by atoms with E-state index in [-0.39, 0.29) is 0 Å². The summed E-state index contributed by atoms with van der Waals surface area (Å²) in [4.78, 5) is 0. The standard InChI is InChI=1S/C2H4O4S/c3-2(4)1-7(2,5)6/h3-4H,1H2. The molecule has 4 nitrogen and oxygen atoms in total. The molecule has 0 aromatic heterocycles. The zero-order valence-corrected chi connectivity index (χ0v) is 4.14.